The van der Waals surface area contributed by atoms with Gasteiger partial charge in [-0.2, -0.15) is 0 Å². The first-order chi connectivity index (χ1) is 14.0. The zero-order valence-corrected chi connectivity index (χ0v) is 16.6. The van der Waals surface area contributed by atoms with Crippen LogP contribution in [0.4, 0.5) is 5.69 Å². The molecule has 9 heteroatoms. The largest absolute Gasteiger partial charge is 0.480 e. The number of anilines is 1. The summed E-state index contributed by atoms with van der Waals surface area (Å²) in [7, 11) is 0. The van der Waals surface area contributed by atoms with Gasteiger partial charge in [0.2, 0.25) is 0 Å². The van der Waals surface area contributed by atoms with Crippen molar-refractivity contribution in [2.24, 2.45) is 0 Å². The van der Waals surface area contributed by atoms with E-state index in [2.05, 4.69) is 5.10 Å². The lowest BCUT2D eigenvalue weighted by Gasteiger charge is -2.40. The Bertz CT molecular complexity index is 1080. The minimum atomic E-state index is -0.846. The van der Waals surface area contributed by atoms with Crippen LogP contribution in [-0.2, 0) is 11.3 Å². The second kappa shape index (κ2) is 8.26. The molecule has 1 aliphatic rings. The van der Waals surface area contributed by atoms with Gasteiger partial charge in [0.05, 0.1) is 0 Å². The van der Waals surface area contributed by atoms with E-state index in [0.717, 1.165) is 12.2 Å². The van der Waals surface area contributed by atoms with Crippen molar-refractivity contribution in [2.75, 3.05) is 31.1 Å². The summed E-state index contributed by atoms with van der Waals surface area (Å²) in [5.41, 5.74) is 1.36. The molecular formula is C20H22ClN5O3. The summed E-state index contributed by atoms with van der Waals surface area (Å²) in [5.74, 6) is -0.846. The zero-order valence-electron chi connectivity index (χ0n) is 15.8. The van der Waals surface area contributed by atoms with Crippen molar-refractivity contribution in [3.05, 3.63) is 64.2 Å². The Balaban J connectivity index is 1.40. The number of aliphatic carboxylic acids is 1. The number of pyridine rings is 1. The molecule has 29 heavy (non-hydrogen) atoms. The van der Waals surface area contributed by atoms with Crippen molar-refractivity contribution >= 4 is 28.9 Å². The van der Waals surface area contributed by atoms with E-state index >= 15 is 0 Å². The molecule has 3 heterocycles. The average molecular weight is 416 g/mol. The second-order valence-electron chi connectivity index (χ2n) is 7.10. The minimum Gasteiger partial charge on any atom is -0.480 e. The summed E-state index contributed by atoms with van der Waals surface area (Å²) in [6.45, 7) is 2.77. The summed E-state index contributed by atoms with van der Waals surface area (Å²) < 4.78 is 2.94. The molecule has 0 amide bonds. The highest BCUT2D eigenvalue weighted by molar-refractivity contribution is 6.30. The Kier molecular flexibility index (Phi) is 5.55. The molecular weight excluding hydrogens is 394 g/mol. The Morgan fingerprint density at radius 2 is 2.03 bits per heavy atom. The second-order valence-corrected chi connectivity index (χ2v) is 7.54. The van der Waals surface area contributed by atoms with Crippen LogP contribution in [0.3, 0.4) is 0 Å². The van der Waals surface area contributed by atoms with Crippen LogP contribution in [0.2, 0.25) is 5.02 Å². The van der Waals surface area contributed by atoms with Gasteiger partial charge in [-0.3, -0.25) is 14.1 Å². The molecule has 4 rings (SSSR count). The summed E-state index contributed by atoms with van der Waals surface area (Å²) in [4.78, 5) is 28.2. The molecule has 0 aliphatic carbocycles. The number of carboxylic acids is 1. The van der Waals surface area contributed by atoms with Gasteiger partial charge >= 0.3 is 11.7 Å². The molecule has 1 saturated heterocycles. The van der Waals surface area contributed by atoms with Gasteiger partial charge in [-0.05, 0) is 36.8 Å². The van der Waals surface area contributed by atoms with Crippen molar-refractivity contribution in [2.45, 2.75) is 19.0 Å². The van der Waals surface area contributed by atoms with Gasteiger partial charge in [0.1, 0.15) is 6.04 Å². The molecule has 152 valence electrons. The van der Waals surface area contributed by atoms with Gasteiger partial charge in [0, 0.05) is 49.6 Å². The van der Waals surface area contributed by atoms with Crippen LogP contribution in [0.5, 0.6) is 0 Å². The predicted octanol–water partition coefficient (Wildman–Crippen LogP) is 1.81. The SMILES string of the molecule is O=C(O)C1CN(c2cccc(Cl)c2)CCN1CCCn1nc2ccccn2c1=O. The van der Waals surface area contributed by atoms with E-state index in [1.54, 1.807) is 24.4 Å². The lowest BCUT2D eigenvalue weighted by atomic mass is 10.1. The maximum absolute atomic E-state index is 12.3. The lowest BCUT2D eigenvalue weighted by molar-refractivity contribution is -0.143. The number of hydrogen-bond acceptors (Lipinski definition) is 5. The molecule has 1 fully saturated rings. The van der Waals surface area contributed by atoms with Gasteiger partial charge in [-0.25, -0.2) is 9.48 Å². The fourth-order valence-corrected chi connectivity index (χ4v) is 3.95. The number of rotatable bonds is 6. The molecule has 1 atom stereocenters. The van der Waals surface area contributed by atoms with Crippen LogP contribution in [0, 0.1) is 0 Å². The summed E-state index contributed by atoms with van der Waals surface area (Å²) >= 11 is 6.07. The van der Waals surface area contributed by atoms with E-state index in [1.807, 2.05) is 34.1 Å². The Morgan fingerprint density at radius 1 is 1.17 bits per heavy atom. The van der Waals surface area contributed by atoms with Gasteiger partial charge in [-0.15, -0.1) is 5.10 Å². The average Bonchev–Trinajstić information content (AvgIpc) is 3.04. The van der Waals surface area contributed by atoms with Crippen LogP contribution in [0.25, 0.3) is 5.65 Å². The smallest absolute Gasteiger partial charge is 0.350 e. The normalized spacial score (nSPS) is 17.7. The fraction of sp³-hybridized carbons (Fsp3) is 0.350. The molecule has 1 unspecified atom stereocenters. The quantitative estimate of drug-likeness (QED) is 0.661. The number of nitrogens with zero attached hydrogens (tertiary/aromatic N) is 5. The summed E-state index contributed by atoms with van der Waals surface area (Å²) in [6, 6.07) is 12.3. The Morgan fingerprint density at radius 3 is 2.79 bits per heavy atom. The van der Waals surface area contributed by atoms with Crippen molar-refractivity contribution in [1.82, 2.24) is 19.1 Å². The molecule has 3 aromatic rings. The fourth-order valence-electron chi connectivity index (χ4n) is 3.77. The predicted molar refractivity (Wildman–Crippen MR) is 111 cm³/mol. The molecule has 1 N–H and O–H groups in total. The van der Waals surface area contributed by atoms with E-state index in [4.69, 9.17) is 11.6 Å². The first kappa shape index (κ1) is 19.5. The summed E-state index contributed by atoms with van der Waals surface area (Å²) in [6.07, 6.45) is 2.33. The molecule has 8 nitrogen and oxygen atoms in total. The van der Waals surface area contributed by atoms with Gasteiger partial charge in [0.15, 0.2) is 5.65 Å². The Hall–Kier alpha value is -2.84. The first-order valence-corrected chi connectivity index (χ1v) is 9.92. The maximum Gasteiger partial charge on any atom is 0.350 e. The van der Waals surface area contributed by atoms with Crippen LogP contribution < -0.4 is 10.6 Å². The molecule has 2 aromatic heterocycles. The molecule has 0 saturated carbocycles. The van der Waals surface area contributed by atoms with Crippen LogP contribution in [0.1, 0.15) is 6.42 Å². The van der Waals surface area contributed by atoms with E-state index in [0.29, 0.717) is 43.3 Å². The van der Waals surface area contributed by atoms with Crippen molar-refractivity contribution in [1.29, 1.82) is 0 Å². The minimum absolute atomic E-state index is 0.179. The van der Waals surface area contributed by atoms with Crippen LogP contribution >= 0.6 is 11.6 Å². The highest BCUT2D eigenvalue weighted by atomic mass is 35.5. The number of hydrogen-bond donors (Lipinski definition) is 1. The number of fused-ring (bicyclic) bond motifs is 1. The number of aromatic nitrogens is 3. The number of aryl methyl sites for hydroxylation is 1. The number of piperazine rings is 1. The lowest BCUT2D eigenvalue weighted by Crippen LogP contribution is -2.56. The van der Waals surface area contributed by atoms with Crippen molar-refractivity contribution < 1.29 is 9.90 Å². The van der Waals surface area contributed by atoms with Crippen molar-refractivity contribution in [3.8, 4) is 0 Å². The summed E-state index contributed by atoms with van der Waals surface area (Å²) in [5, 5.41) is 14.7. The van der Waals surface area contributed by atoms with E-state index in [1.165, 1.54) is 9.08 Å². The van der Waals surface area contributed by atoms with Gasteiger partial charge in [0.25, 0.3) is 0 Å². The molecule has 0 bridgehead atoms. The molecule has 1 aromatic carbocycles. The first-order valence-electron chi connectivity index (χ1n) is 9.54. The van der Waals surface area contributed by atoms with Gasteiger partial charge in [-0.1, -0.05) is 23.7 Å². The molecule has 1 aliphatic heterocycles. The Labute approximate surface area is 172 Å². The number of carboxylic acid groups (broad SMARTS) is 1. The van der Waals surface area contributed by atoms with E-state index in [-0.39, 0.29) is 5.69 Å². The number of carbonyl (C=O) groups is 1. The third-order valence-corrected chi connectivity index (χ3v) is 5.49. The number of benzene rings is 1. The molecule has 0 spiro atoms. The highest BCUT2D eigenvalue weighted by Gasteiger charge is 2.32. The van der Waals surface area contributed by atoms with Gasteiger partial charge < -0.3 is 10.0 Å². The van der Waals surface area contributed by atoms with E-state index in [9.17, 15) is 14.7 Å². The standard InChI is InChI=1S/C20H22ClN5O3/c21-15-5-3-6-16(13-15)24-12-11-23(17(14-24)19(27)28)8-4-10-26-20(29)25-9-2-1-7-18(25)22-26/h1-3,5-7,9,13,17H,4,8,10-12,14H2,(H,27,28). The van der Waals surface area contributed by atoms with Crippen LogP contribution in [0.15, 0.2) is 53.5 Å². The highest BCUT2D eigenvalue weighted by Crippen LogP contribution is 2.23. The zero-order chi connectivity index (χ0) is 20.4. The van der Waals surface area contributed by atoms with Crippen molar-refractivity contribution in [3.63, 3.8) is 0 Å². The topological polar surface area (TPSA) is 83.1 Å². The monoisotopic (exact) mass is 415 g/mol. The maximum atomic E-state index is 12.3. The number of halogens is 1. The third-order valence-electron chi connectivity index (χ3n) is 5.25. The third kappa shape index (κ3) is 4.13. The van der Waals surface area contributed by atoms with Crippen LogP contribution in [-0.4, -0.2) is 62.4 Å². The molecule has 0 radical (unpaired) electrons. The van der Waals surface area contributed by atoms with E-state index < -0.39 is 12.0 Å².